The predicted molar refractivity (Wildman–Crippen MR) is 133 cm³/mol. The molecule has 0 bridgehead atoms. The lowest BCUT2D eigenvalue weighted by molar-refractivity contribution is 0.0974. The largest absolute Gasteiger partial charge is 0.334 e. The Balaban J connectivity index is 1.43. The third-order valence-electron chi connectivity index (χ3n) is 6.22. The molecule has 2 aliphatic rings. The highest BCUT2D eigenvalue weighted by Crippen LogP contribution is 2.45. The predicted octanol–water partition coefficient (Wildman–Crippen LogP) is 7.22. The van der Waals surface area contributed by atoms with Gasteiger partial charge in [-0.15, -0.1) is 0 Å². The third kappa shape index (κ3) is 3.79. The Morgan fingerprint density at radius 1 is 0.939 bits per heavy atom. The molecule has 4 aromatic rings. The van der Waals surface area contributed by atoms with Crippen LogP contribution in [0.1, 0.15) is 36.0 Å². The first kappa shape index (κ1) is 20.7. The van der Waals surface area contributed by atoms with Gasteiger partial charge in [0.25, 0.3) is 11.8 Å². The van der Waals surface area contributed by atoms with Crippen molar-refractivity contribution in [3.05, 3.63) is 76.8 Å². The number of aromatic nitrogens is 2. The summed E-state index contributed by atoms with van der Waals surface area (Å²) < 4.78 is 6.51. The maximum Gasteiger partial charge on any atom is 0.259 e. The van der Waals surface area contributed by atoms with Crippen LogP contribution in [0.15, 0.2) is 85.5 Å². The minimum atomic E-state index is 0.0907. The summed E-state index contributed by atoms with van der Waals surface area (Å²) in [4.78, 5) is 22.3. The number of fused-ring (bicyclic) bond motifs is 2. The van der Waals surface area contributed by atoms with Crippen LogP contribution in [0.25, 0.3) is 22.8 Å². The second-order valence-corrected chi connectivity index (χ2v) is 10.3. The van der Waals surface area contributed by atoms with Crippen LogP contribution in [0.3, 0.4) is 0 Å². The van der Waals surface area contributed by atoms with Gasteiger partial charge in [0.05, 0.1) is 11.3 Å². The molecule has 2 heterocycles. The molecule has 0 N–H and O–H groups in total. The van der Waals surface area contributed by atoms with Gasteiger partial charge in [-0.05, 0) is 61.4 Å². The molecule has 0 saturated heterocycles. The second-order valence-electron chi connectivity index (χ2n) is 8.33. The number of carbonyl (C=O) groups excluding carboxylic acids is 1. The van der Waals surface area contributed by atoms with E-state index in [1.165, 1.54) is 0 Å². The zero-order valence-electron chi connectivity index (χ0n) is 17.7. The molecular weight excluding hydrogens is 498 g/mol. The summed E-state index contributed by atoms with van der Waals surface area (Å²) in [5, 5.41) is 4.23. The molecule has 1 aromatic heterocycles. The Morgan fingerprint density at radius 3 is 2.64 bits per heavy atom. The number of hydrogen-bond acceptors (Lipinski definition) is 5. The van der Waals surface area contributed by atoms with Crippen molar-refractivity contribution in [3.63, 3.8) is 0 Å². The molecular formula is C26H20BrN3O2S. The third-order valence-corrected chi connectivity index (χ3v) is 7.84. The SMILES string of the molecule is O=C1c2ccccc2Sc2cc(-c3noc(-c4cccc(Br)c4)n3)ccc2N1C1CCCC1. The number of hydrogen-bond donors (Lipinski definition) is 0. The average Bonchev–Trinajstić information content (AvgIpc) is 3.51. The highest BCUT2D eigenvalue weighted by atomic mass is 79.9. The van der Waals surface area contributed by atoms with Crippen LogP contribution < -0.4 is 4.90 Å². The van der Waals surface area contributed by atoms with Gasteiger partial charge in [-0.3, -0.25) is 4.79 Å². The van der Waals surface area contributed by atoms with Crippen LogP contribution >= 0.6 is 27.7 Å². The standard InChI is InChI=1S/C26H20BrN3O2S/c27-18-7-5-6-17(14-18)25-28-24(29-32-25)16-12-13-21-23(15-16)33-22-11-4-3-10-20(22)26(31)30(21)19-8-1-2-9-19/h3-7,10-15,19H,1-2,8-9H2. The van der Waals surface area contributed by atoms with E-state index in [1.54, 1.807) is 11.8 Å². The molecule has 1 saturated carbocycles. The summed E-state index contributed by atoms with van der Waals surface area (Å²) in [5.41, 5.74) is 3.46. The van der Waals surface area contributed by atoms with Crippen LogP contribution in [-0.2, 0) is 0 Å². The first-order valence-corrected chi connectivity index (χ1v) is 12.6. The summed E-state index contributed by atoms with van der Waals surface area (Å²) in [6, 6.07) is 22.0. The first-order valence-electron chi connectivity index (χ1n) is 11.0. The minimum Gasteiger partial charge on any atom is -0.334 e. The van der Waals surface area contributed by atoms with Crippen molar-refractivity contribution < 1.29 is 9.32 Å². The summed E-state index contributed by atoms with van der Waals surface area (Å²) in [7, 11) is 0. The van der Waals surface area contributed by atoms with Crippen molar-refractivity contribution in [1.29, 1.82) is 0 Å². The van der Waals surface area contributed by atoms with Crippen LogP contribution in [0.4, 0.5) is 5.69 Å². The molecule has 164 valence electrons. The van der Waals surface area contributed by atoms with Crippen molar-refractivity contribution in [2.75, 3.05) is 4.90 Å². The van der Waals surface area contributed by atoms with Gasteiger partial charge in [0.2, 0.25) is 5.82 Å². The highest BCUT2D eigenvalue weighted by Gasteiger charge is 2.34. The van der Waals surface area contributed by atoms with Crippen LogP contribution in [0, 0.1) is 0 Å². The molecule has 0 unspecified atom stereocenters. The van der Waals surface area contributed by atoms with Gasteiger partial charge in [-0.25, -0.2) is 0 Å². The lowest BCUT2D eigenvalue weighted by Crippen LogP contribution is -2.39. The summed E-state index contributed by atoms with van der Waals surface area (Å²) in [6.45, 7) is 0. The van der Waals surface area contributed by atoms with E-state index in [1.807, 2.05) is 65.6 Å². The van der Waals surface area contributed by atoms with Gasteiger partial charge in [0.1, 0.15) is 0 Å². The summed E-state index contributed by atoms with van der Waals surface area (Å²) in [6.07, 6.45) is 4.41. The quantitative estimate of drug-likeness (QED) is 0.287. The Labute approximate surface area is 204 Å². The van der Waals surface area contributed by atoms with Crippen molar-refractivity contribution >= 4 is 39.3 Å². The molecule has 1 aliphatic carbocycles. The van der Waals surface area contributed by atoms with Gasteiger partial charge >= 0.3 is 0 Å². The van der Waals surface area contributed by atoms with E-state index in [0.29, 0.717) is 11.7 Å². The lowest BCUT2D eigenvalue weighted by atomic mass is 10.1. The van der Waals surface area contributed by atoms with Gasteiger partial charge in [-0.1, -0.05) is 63.9 Å². The Kier molecular flexibility index (Phi) is 5.31. The zero-order chi connectivity index (χ0) is 22.4. The number of nitrogens with zero attached hydrogens (tertiary/aromatic N) is 3. The van der Waals surface area contributed by atoms with Crippen molar-refractivity contribution in [1.82, 2.24) is 10.1 Å². The molecule has 0 spiro atoms. The smallest absolute Gasteiger partial charge is 0.259 e. The average molecular weight is 518 g/mol. The number of anilines is 1. The normalized spacial score (nSPS) is 15.9. The Morgan fingerprint density at radius 2 is 1.79 bits per heavy atom. The van der Waals surface area contributed by atoms with Gasteiger partial charge in [0.15, 0.2) is 0 Å². The van der Waals surface area contributed by atoms with Gasteiger partial charge in [-0.2, -0.15) is 4.98 Å². The molecule has 0 atom stereocenters. The maximum atomic E-state index is 13.6. The van der Waals surface area contributed by atoms with Crippen LogP contribution in [0.5, 0.6) is 0 Å². The van der Waals surface area contributed by atoms with Gasteiger partial charge in [0, 0.05) is 31.4 Å². The van der Waals surface area contributed by atoms with E-state index in [2.05, 4.69) is 32.1 Å². The monoisotopic (exact) mass is 517 g/mol. The number of benzene rings is 3. The molecule has 33 heavy (non-hydrogen) atoms. The molecule has 7 heteroatoms. The number of halogens is 1. The molecule has 6 rings (SSSR count). The van der Waals surface area contributed by atoms with Crippen molar-refractivity contribution in [3.8, 4) is 22.8 Å². The van der Waals surface area contributed by atoms with Crippen LogP contribution in [0.2, 0.25) is 0 Å². The fraction of sp³-hybridized carbons (Fsp3) is 0.192. The number of rotatable bonds is 3. The fourth-order valence-electron chi connectivity index (χ4n) is 4.63. The number of carbonyl (C=O) groups is 1. The Bertz CT molecular complexity index is 1360. The number of amides is 1. The highest BCUT2D eigenvalue weighted by molar-refractivity contribution is 9.10. The summed E-state index contributed by atoms with van der Waals surface area (Å²) in [5.74, 6) is 1.10. The van der Waals surface area contributed by atoms with E-state index < -0.39 is 0 Å². The van der Waals surface area contributed by atoms with Crippen LogP contribution in [-0.4, -0.2) is 22.1 Å². The van der Waals surface area contributed by atoms with E-state index in [9.17, 15) is 4.79 Å². The van der Waals surface area contributed by atoms with E-state index in [4.69, 9.17) is 4.52 Å². The Hall–Kier alpha value is -2.90. The maximum absolute atomic E-state index is 13.6. The van der Waals surface area contributed by atoms with Crippen molar-refractivity contribution in [2.45, 2.75) is 41.5 Å². The van der Waals surface area contributed by atoms with E-state index in [-0.39, 0.29) is 11.9 Å². The van der Waals surface area contributed by atoms with Gasteiger partial charge < -0.3 is 9.42 Å². The molecule has 1 aliphatic heterocycles. The topological polar surface area (TPSA) is 59.2 Å². The molecule has 1 amide bonds. The first-order chi connectivity index (χ1) is 16.2. The minimum absolute atomic E-state index is 0.0907. The summed E-state index contributed by atoms with van der Waals surface area (Å²) >= 11 is 5.12. The van der Waals surface area contributed by atoms with E-state index >= 15 is 0 Å². The van der Waals surface area contributed by atoms with E-state index in [0.717, 1.165) is 62.3 Å². The molecule has 0 radical (unpaired) electrons. The second kappa shape index (κ2) is 8.47. The van der Waals surface area contributed by atoms with Crippen molar-refractivity contribution in [2.24, 2.45) is 0 Å². The fourth-order valence-corrected chi connectivity index (χ4v) is 6.13. The molecule has 5 nitrogen and oxygen atoms in total. The molecule has 1 fully saturated rings. The zero-order valence-corrected chi connectivity index (χ0v) is 20.1. The lowest BCUT2D eigenvalue weighted by Gasteiger charge is -2.29. The molecule has 3 aromatic carbocycles.